The zero-order valence-electron chi connectivity index (χ0n) is 13.3. The van der Waals surface area contributed by atoms with E-state index < -0.39 is 0 Å². The Morgan fingerprint density at radius 3 is 2.90 bits per heavy atom. The molecule has 1 amide bonds. The van der Waals surface area contributed by atoms with Gasteiger partial charge in [0.2, 0.25) is 0 Å². The van der Waals surface area contributed by atoms with Crippen LogP contribution in [0.4, 0.5) is 0 Å². The predicted molar refractivity (Wildman–Crippen MR) is 85.0 cm³/mol. The van der Waals surface area contributed by atoms with Gasteiger partial charge in [-0.2, -0.15) is 0 Å². The molecule has 1 aromatic carbocycles. The number of hydrogen-bond acceptors (Lipinski definition) is 3. The Bertz CT molecular complexity index is 482. The number of nitrogens with zero attached hydrogens (tertiary/aromatic N) is 1. The number of methoxy groups -OCH3 is 1. The maximum Gasteiger partial charge on any atom is 0.254 e. The minimum atomic E-state index is 0.115. The molecule has 0 aromatic heterocycles. The average Bonchev–Trinajstić information content (AvgIpc) is 2.53. The molecule has 1 aromatic rings. The second-order valence-corrected chi connectivity index (χ2v) is 5.68. The van der Waals surface area contributed by atoms with E-state index in [1.165, 1.54) is 0 Å². The second-order valence-electron chi connectivity index (χ2n) is 5.68. The molecule has 1 fully saturated rings. The topological polar surface area (TPSA) is 41.6 Å². The van der Waals surface area contributed by atoms with E-state index >= 15 is 0 Å². The van der Waals surface area contributed by atoms with Crippen molar-refractivity contribution in [3.05, 3.63) is 29.3 Å². The third-order valence-corrected chi connectivity index (χ3v) is 4.09. The summed E-state index contributed by atoms with van der Waals surface area (Å²) in [6.45, 7) is 6.87. The van der Waals surface area contributed by atoms with Crippen LogP contribution in [0, 0.1) is 6.92 Å². The van der Waals surface area contributed by atoms with Gasteiger partial charge in [-0.25, -0.2) is 0 Å². The first-order chi connectivity index (χ1) is 10.2. The van der Waals surface area contributed by atoms with Crippen molar-refractivity contribution in [3.8, 4) is 5.75 Å². The lowest BCUT2D eigenvalue weighted by Gasteiger charge is -2.34. The first-order valence-corrected chi connectivity index (χ1v) is 7.83. The highest BCUT2D eigenvalue weighted by atomic mass is 16.5. The third kappa shape index (κ3) is 3.76. The number of amides is 1. The molecular formula is C17H26N2O2. The van der Waals surface area contributed by atoms with Gasteiger partial charge in [-0.15, -0.1) is 0 Å². The number of hydrogen-bond donors (Lipinski definition) is 1. The summed E-state index contributed by atoms with van der Waals surface area (Å²) in [5, 5.41) is 3.39. The molecule has 4 heteroatoms. The lowest BCUT2D eigenvalue weighted by molar-refractivity contribution is 0.0648. The summed E-state index contributed by atoms with van der Waals surface area (Å²) < 4.78 is 5.34. The van der Waals surface area contributed by atoms with Crippen LogP contribution in [0.2, 0.25) is 0 Å². The van der Waals surface area contributed by atoms with Crippen molar-refractivity contribution < 1.29 is 9.53 Å². The predicted octanol–water partition coefficient (Wildman–Crippen LogP) is 2.61. The van der Waals surface area contributed by atoms with Crippen molar-refractivity contribution in [1.82, 2.24) is 10.2 Å². The second kappa shape index (κ2) is 7.46. The van der Waals surface area contributed by atoms with Gasteiger partial charge in [0.1, 0.15) is 5.75 Å². The minimum absolute atomic E-state index is 0.115. The molecular weight excluding hydrogens is 264 g/mol. The van der Waals surface area contributed by atoms with Crippen LogP contribution in [0.15, 0.2) is 18.2 Å². The quantitative estimate of drug-likeness (QED) is 0.906. The van der Waals surface area contributed by atoms with Gasteiger partial charge >= 0.3 is 0 Å². The molecule has 1 aliphatic rings. The molecule has 1 aliphatic heterocycles. The molecule has 0 saturated carbocycles. The molecule has 0 aliphatic carbocycles. The van der Waals surface area contributed by atoms with Gasteiger partial charge in [-0.3, -0.25) is 4.79 Å². The largest absolute Gasteiger partial charge is 0.496 e. The summed E-state index contributed by atoms with van der Waals surface area (Å²) in [6.07, 6.45) is 3.20. The SMILES string of the molecule is CCCN(C(=O)c1ccc(C)c(OC)c1)C1CCCNC1. The molecule has 0 spiro atoms. The van der Waals surface area contributed by atoms with Gasteiger partial charge < -0.3 is 15.0 Å². The van der Waals surface area contributed by atoms with Crippen molar-refractivity contribution in [2.75, 3.05) is 26.7 Å². The number of piperidine rings is 1. The Morgan fingerprint density at radius 2 is 2.29 bits per heavy atom. The van der Waals surface area contributed by atoms with Crippen LogP contribution >= 0.6 is 0 Å². The Kier molecular flexibility index (Phi) is 5.62. The maximum atomic E-state index is 12.9. The maximum absolute atomic E-state index is 12.9. The molecule has 1 N–H and O–H groups in total. The van der Waals surface area contributed by atoms with Gasteiger partial charge in [0.05, 0.1) is 7.11 Å². The van der Waals surface area contributed by atoms with Crippen LogP contribution in [0.1, 0.15) is 42.1 Å². The molecule has 1 saturated heterocycles. The van der Waals surface area contributed by atoms with Gasteiger partial charge in [0.15, 0.2) is 0 Å². The molecule has 0 radical (unpaired) electrons. The highest BCUT2D eigenvalue weighted by Gasteiger charge is 2.25. The Labute approximate surface area is 127 Å². The summed E-state index contributed by atoms with van der Waals surface area (Å²) in [5.74, 6) is 0.892. The number of rotatable bonds is 5. The van der Waals surface area contributed by atoms with E-state index in [1.54, 1.807) is 7.11 Å². The summed E-state index contributed by atoms with van der Waals surface area (Å²) in [6, 6.07) is 6.02. The molecule has 116 valence electrons. The van der Waals surface area contributed by atoms with Crippen molar-refractivity contribution in [2.45, 2.75) is 39.2 Å². The van der Waals surface area contributed by atoms with Crippen LogP contribution in [0.3, 0.4) is 0 Å². The minimum Gasteiger partial charge on any atom is -0.496 e. The monoisotopic (exact) mass is 290 g/mol. The lowest BCUT2D eigenvalue weighted by Crippen LogP contribution is -2.49. The first kappa shape index (κ1) is 15.8. The fraction of sp³-hybridized carbons (Fsp3) is 0.588. The summed E-state index contributed by atoms with van der Waals surface area (Å²) in [5.41, 5.74) is 1.77. The van der Waals surface area contributed by atoms with Crippen LogP contribution in [0.25, 0.3) is 0 Å². The van der Waals surface area contributed by atoms with E-state index in [1.807, 2.05) is 30.0 Å². The average molecular weight is 290 g/mol. The standard InChI is InChI=1S/C17H26N2O2/c1-4-10-19(15-6-5-9-18-12-15)17(20)14-8-7-13(2)16(11-14)21-3/h7-8,11,15,18H,4-6,9-10,12H2,1-3H3. The zero-order valence-corrected chi connectivity index (χ0v) is 13.3. The number of carbonyl (C=O) groups excluding carboxylic acids is 1. The van der Waals surface area contributed by atoms with Crippen LogP contribution in [-0.2, 0) is 0 Å². The molecule has 1 atom stereocenters. The van der Waals surface area contributed by atoms with E-state index in [2.05, 4.69) is 12.2 Å². The van der Waals surface area contributed by atoms with Crippen LogP contribution in [0.5, 0.6) is 5.75 Å². The van der Waals surface area contributed by atoms with Crippen LogP contribution < -0.4 is 10.1 Å². The van der Waals surface area contributed by atoms with E-state index in [4.69, 9.17) is 4.74 Å². The molecule has 2 rings (SSSR count). The summed E-state index contributed by atoms with van der Waals surface area (Å²) >= 11 is 0. The zero-order chi connectivity index (χ0) is 15.2. The Balaban J connectivity index is 2.20. The fourth-order valence-electron chi connectivity index (χ4n) is 2.91. The first-order valence-electron chi connectivity index (χ1n) is 7.83. The summed E-state index contributed by atoms with van der Waals surface area (Å²) in [4.78, 5) is 14.9. The van der Waals surface area contributed by atoms with Gasteiger partial charge in [0.25, 0.3) is 5.91 Å². The molecule has 1 heterocycles. The highest BCUT2D eigenvalue weighted by molar-refractivity contribution is 5.95. The van der Waals surface area contributed by atoms with Crippen LogP contribution in [-0.4, -0.2) is 43.6 Å². The molecule has 0 bridgehead atoms. The van der Waals surface area contributed by atoms with Gasteiger partial charge in [-0.05, 0) is 50.4 Å². The normalized spacial score (nSPS) is 18.3. The lowest BCUT2D eigenvalue weighted by atomic mass is 10.0. The number of benzene rings is 1. The number of carbonyl (C=O) groups is 1. The highest BCUT2D eigenvalue weighted by Crippen LogP contribution is 2.22. The third-order valence-electron chi connectivity index (χ3n) is 4.09. The van der Waals surface area contributed by atoms with E-state index in [-0.39, 0.29) is 5.91 Å². The van der Waals surface area contributed by atoms with Gasteiger partial charge in [0, 0.05) is 24.7 Å². The van der Waals surface area contributed by atoms with Crippen molar-refractivity contribution >= 4 is 5.91 Å². The Morgan fingerprint density at radius 1 is 1.48 bits per heavy atom. The molecule has 1 unspecified atom stereocenters. The number of aryl methyl sites for hydroxylation is 1. The van der Waals surface area contributed by atoms with E-state index in [0.29, 0.717) is 6.04 Å². The summed E-state index contributed by atoms with van der Waals surface area (Å²) in [7, 11) is 1.64. The number of nitrogens with one attached hydrogen (secondary N) is 1. The van der Waals surface area contributed by atoms with E-state index in [0.717, 1.165) is 55.8 Å². The van der Waals surface area contributed by atoms with Crippen molar-refractivity contribution in [1.29, 1.82) is 0 Å². The van der Waals surface area contributed by atoms with Crippen molar-refractivity contribution in [3.63, 3.8) is 0 Å². The van der Waals surface area contributed by atoms with Crippen molar-refractivity contribution in [2.24, 2.45) is 0 Å². The number of ether oxygens (including phenoxy) is 1. The Hall–Kier alpha value is -1.55. The van der Waals surface area contributed by atoms with E-state index in [9.17, 15) is 4.79 Å². The molecule has 4 nitrogen and oxygen atoms in total. The molecule has 21 heavy (non-hydrogen) atoms. The smallest absolute Gasteiger partial charge is 0.254 e. The fourth-order valence-corrected chi connectivity index (χ4v) is 2.91. The van der Waals surface area contributed by atoms with Gasteiger partial charge in [-0.1, -0.05) is 13.0 Å².